The number of aromatic nitrogens is 2. The molecule has 5 nitrogen and oxygen atoms in total. The molecule has 0 atom stereocenters. The maximum atomic E-state index is 12.9. The van der Waals surface area contributed by atoms with Gasteiger partial charge in [-0.25, -0.2) is 4.79 Å². The quantitative estimate of drug-likeness (QED) is 0.717. The summed E-state index contributed by atoms with van der Waals surface area (Å²) in [5, 5.41) is 0.0132. The van der Waals surface area contributed by atoms with E-state index < -0.39 is 29.7 Å². The van der Waals surface area contributed by atoms with E-state index >= 15 is 0 Å². The molecule has 136 valence electrons. The van der Waals surface area contributed by atoms with Crippen LogP contribution in [0.25, 0.3) is 0 Å². The first kappa shape index (κ1) is 19.7. The Hall–Kier alpha value is -1.64. The van der Waals surface area contributed by atoms with Gasteiger partial charge in [0.1, 0.15) is 16.5 Å². The smallest absolute Gasteiger partial charge is 0.431 e. The monoisotopic (exact) mass is 416 g/mol. The molecule has 2 aromatic rings. The van der Waals surface area contributed by atoms with Crippen molar-refractivity contribution < 1.29 is 17.9 Å². The van der Waals surface area contributed by atoms with E-state index in [0.29, 0.717) is 15.2 Å². The molecular weight excluding hydrogens is 408 g/mol. The fourth-order valence-corrected chi connectivity index (χ4v) is 2.94. The molecule has 0 amide bonds. The lowest BCUT2D eigenvalue weighted by molar-refractivity contribution is -0.144. The molecule has 25 heavy (non-hydrogen) atoms. The second-order valence-corrected chi connectivity index (χ2v) is 6.14. The number of hydrogen-bond donors (Lipinski definition) is 0. The fourth-order valence-electron chi connectivity index (χ4n) is 2.22. The number of rotatable bonds is 3. The largest absolute Gasteiger partial charge is 0.495 e. The molecule has 1 aromatic heterocycles. The van der Waals surface area contributed by atoms with Gasteiger partial charge in [-0.05, 0) is 6.07 Å². The van der Waals surface area contributed by atoms with E-state index in [4.69, 9.17) is 39.5 Å². The van der Waals surface area contributed by atoms with Crippen molar-refractivity contribution in [1.29, 1.82) is 0 Å². The van der Waals surface area contributed by atoms with Gasteiger partial charge in [0.25, 0.3) is 5.56 Å². The number of nitrogens with zero attached hydrogens (tertiary/aromatic N) is 2. The highest BCUT2D eigenvalue weighted by molar-refractivity contribution is 6.48. The number of hydrogen-bond acceptors (Lipinski definition) is 3. The van der Waals surface area contributed by atoms with Crippen LogP contribution in [0.5, 0.6) is 5.75 Å². The van der Waals surface area contributed by atoms with Gasteiger partial charge in [0, 0.05) is 18.7 Å². The molecule has 0 unspecified atom stereocenters. The number of halogens is 6. The Morgan fingerprint density at radius 2 is 1.72 bits per heavy atom. The van der Waals surface area contributed by atoms with Crippen LogP contribution in [-0.2, 0) is 19.8 Å². The molecule has 0 bridgehead atoms. The summed E-state index contributed by atoms with van der Waals surface area (Å²) in [6.07, 6.45) is -4.84. The van der Waals surface area contributed by atoms with Gasteiger partial charge >= 0.3 is 11.9 Å². The molecule has 11 heteroatoms. The van der Waals surface area contributed by atoms with Crippen molar-refractivity contribution in [1.82, 2.24) is 9.13 Å². The molecular formula is C14H10Cl3F3N2O3. The van der Waals surface area contributed by atoms with E-state index in [9.17, 15) is 22.8 Å². The molecule has 0 spiro atoms. The zero-order chi connectivity index (χ0) is 19.1. The van der Waals surface area contributed by atoms with Gasteiger partial charge in [0.2, 0.25) is 0 Å². The van der Waals surface area contributed by atoms with Crippen molar-refractivity contribution in [2.45, 2.75) is 12.7 Å². The lowest BCUT2D eigenvalue weighted by atomic mass is 10.2. The summed E-state index contributed by atoms with van der Waals surface area (Å²) in [5.74, 6) is 0.0601. The summed E-state index contributed by atoms with van der Waals surface area (Å²) < 4.78 is 44.6. The van der Waals surface area contributed by atoms with Gasteiger partial charge in [0.15, 0.2) is 0 Å². The topological polar surface area (TPSA) is 53.2 Å². The Kier molecular flexibility index (Phi) is 5.46. The van der Waals surface area contributed by atoms with Crippen LogP contribution >= 0.6 is 34.8 Å². The zero-order valence-electron chi connectivity index (χ0n) is 12.7. The molecule has 0 aliphatic carbocycles. The third kappa shape index (κ3) is 3.65. The normalized spacial score (nSPS) is 11.7. The molecule has 0 aliphatic rings. The average molecular weight is 418 g/mol. The highest BCUT2D eigenvalue weighted by atomic mass is 35.5. The molecule has 0 fully saturated rings. The minimum atomic E-state index is -4.84. The third-order valence-corrected chi connectivity index (χ3v) is 4.67. The van der Waals surface area contributed by atoms with Crippen LogP contribution in [-0.4, -0.2) is 16.2 Å². The standard InChI is InChI=1S/C14H10Cl3F3N2O3/c1-21-8(14(18,19)20)4-9(23)22(13(21)24)5-6-3-7(15)10(16)11(17)12(6)25-2/h3-4H,5H2,1-2H3. The summed E-state index contributed by atoms with van der Waals surface area (Å²) >= 11 is 17.8. The summed E-state index contributed by atoms with van der Waals surface area (Å²) in [6.45, 7) is -0.399. The molecule has 0 saturated carbocycles. The van der Waals surface area contributed by atoms with E-state index in [-0.39, 0.29) is 26.4 Å². The van der Waals surface area contributed by atoms with Gasteiger partial charge in [-0.2, -0.15) is 13.2 Å². The molecule has 1 aromatic carbocycles. The van der Waals surface area contributed by atoms with Crippen LogP contribution in [0.2, 0.25) is 15.1 Å². The average Bonchev–Trinajstić information content (AvgIpc) is 2.51. The second kappa shape index (κ2) is 6.93. The van der Waals surface area contributed by atoms with Crippen LogP contribution in [0, 0.1) is 0 Å². The van der Waals surface area contributed by atoms with E-state index in [2.05, 4.69) is 0 Å². The van der Waals surface area contributed by atoms with Gasteiger partial charge in [0.05, 0.1) is 23.7 Å². The molecule has 2 rings (SSSR count). The molecule has 0 N–H and O–H groups in total. The zero-order valence-corrected chi connectivity index (χ0v) is 15.0. The first-order chi connectivity index (χ1) is 11.5. The van der Waals surface area contributed by atoms with Crippen LogP contribution in [0.15, 0.2) is 21.7 Å². The number of methoxy groups -OCH3 is 1. The Bertz CT molecular complexity index is 952. The van der Waals surface area contributed by atoms with E-state index in [0.717, 1.165) is 7.05 Å². The number of alkyl halides is 3. The van der Waals surface area contributed by atoms with Crippen LogP contribution in [0.4, 0.5) is 13.2 Å². The summed E-state index contributed by atoms with van der Waals surface area (Å²) in [5.41, 5.74) is -3.41. The highest BCUT2D eigenvalue weighted by Crippen LogP contribution is 2.40. The van der Waals surface area contributed by atoms with Crippen molar-refractivity contribution in [3.8, 4) is 5.75 Å². The fraction of sp³-hybridized carbons (Fsp3) is 0.286. The molecule has 1 heterocycles. The summed E-state index contributed by atoms with van der Waals surface area (Å²) in [7, 11) is 2.20. The van der Waals surface area contributed by atoms with Crippen LogP contribution in [0.1, 0.15) is 11.3 Å². The van der Waals surface area contributed by atoms with Crippen LogP contribution < -0.4 is 16.0 Å². The Morgan fingerprint density at radius 3 is 2.24 bits per heavy atom. The Labute approximate surface area is 154 Å². The molecule has 0 aliphatic heterocycles. The van der Waals surface area contributed by atoms with Crippen LogP contribution in [0.3, 0.4) is 0 Å². The van der Waals surface area contributed by atoms with Crippen molar-refractivity contribution in [2.24, 2.45) is 7.05 Å². The minimum Gasteiger partial charge on any atom is -0.495 e. The first-order valence-electron chi connectivity index (χ1n) is 6.57. The van der Waals surface area contributed by atoms with E-state index in [1.54, 1.807) is 0 Å². The van der Waals surface area contributed by atoms with Gasteiger partial charge in [-0.3, -0.25) is 13.9 Å². The number of ether oxygens (including phenoxy) is 1. The highest BCUT2D eigenvalue weighted by Gasteiger charge is 2.35. The maximum absolute atomic E-state index is 12.9. The van der Waals surface area contributed by atoms with E-state index in [1.165, 1.54) is 13.2 Å². The lowest BCUT2D eigenvalue weighted by Gasteiger charge is -2.16. The third-order valence-electron chi connectivity index (χ3n) is 3.42. The predicted octanol–water partition coefficient (Wildman–Crippen LogP) is 3.58. The SMILES string of the molecule is COc1c(Cn2c(=O)cc(C(F)(F)F)n(C)c2=O)cc(Cl)c(Cl)c1Cl. The lowest BCUT2D eigenvalue weighted by Crippen LogP contribution is -2.41. The van der Waals surface area contributed by atoms with Crippen molar-refractivity contribution in [2.75, 3.05) is 7.11 Å². The van der Waals surface area contributed by atoms with Gasteiger partial charge in [-0.15, -0.1) is 0 Å². The second-order valence-electron chi connectivity index (χ2n) is 4.97. The van der Waals surface area contributed by atoms with E-state index in [1.807, 2.05) is 0 Å². The van der Waals surface area contributed by atoms with Crippen molar-refractivity contribution >= 4 is 34.8 Å². The van der Waals surface area contributed by atoms with Gasteiger partial charge in [-0.1, -0.05) is 34.8 Å². The molecule has 0 radical (unpaired) electrons. The number of benzene rings is 1. The summed E-state index contributed by atoms with van der Waals surface area (Å²) in [6, 6.07) is 1.66. The van der Waals surface area contributed by atoms with Gasteiger partial charge < -0.3 is 4.74 Å². The van der Waals surface area contributed by atoms with Crippen molar-refractivity contribution in [3.63, 3.8) is 0 Å². The molecule has 0 saturated heterocycles. The van der Waals surface area contributed by atoms with Crippen molar-refractivity contribution in [3.05, 3.63) is 59.3 Å². The predicted molar refractivity (Wildman–Crippen MR) is 88.1 cm³/mol. The Balaban J connectivity index is 2.66. The Morgan fingerprint density at radius 1 is 1.12 bits per heavy atom. The minimum absolute atomic E-state index is 0.0107. The first-order valence-corrected chi connectivity index (χ1v) is 7.70. The summed E-state index contributed by atoms with van der Waals surface area (Å²) in [4.78, 5) is 24.2. The maximum Gasteiger partial charge on any atom is 0.431 e.